The molecule has 1 amide bonds. The molecule has 0 aliphatic rings. The highest BCUT2D eigenvalue weighted by molar-refractivity contribution is 7.14. The van der Waals surface area contributed by atoms with E-state index in [4.69, 9.17) is 0 Å². The number of aryl methyl sites for hydroxylation is 2. The van der Waals surface area contributed by atoms with Gasteiger partial charge in [0.2, 0.25) is 5.95 Å². The standard InChI is InChI=1S/C19H16N6OS/c1-11-9-12(2)22-18(21-11)25-19-24-15(10-27-19)17(26)23-14-7-3-5-13-6-4-8-20-16(13)14/h3-10H,1-2H3,(H,23,26)(H,21,22,24,25). The lowest BCUT2D eigenvalue weighted by Gasteiger charge is -2.06. The third-order valence-corrected chi connectivity index (χ3v) is 4.58. The summed E-state index contributed by atoms with van der Waals surface area (Å²) >= 11 is 1.32. The Balaban J connectivity index is 1.53. The second-order valence-corrected chi connectivity index (χ2v) is 6.83. The lowest BCUT2D eigenvalue weighted by Crippen LogP contribution is -2.13. The van der Waals surface area contributed by atoms with E-state index >= 15 is 0 Å². The Morgan fingerprint density at radius 3 is 2.63 bits per heavy atom. The summed E-state index contributed by atoms with van der Waals surface area (Å²) in [6.45, 7) is 3.80. The molecule has 0 saturated carbocycles. The van der Waals surface area contributed by atoms with Gasteiger partial charge < -0.3 is 10.6 Å². The van der Waals surface area contributed by atoms with Crippen molar-refractivity contribution < 1.29 is 4.79 Å². The van der Waals surface area contributed by atoms with E-state index in [1.54, 1.807) is 11.6 Å². The Kier molecular flexibility index (Phi) is 4.47. The number of hydrogen-bond acceptors (Lipinski definition) is 7. The van der Waals surface area contributed by atoms with Crippen LogP contribution >= 0.6 is 11.3 Å². The number of nitrogens with zero attached hydrogens (tertiary/aromatic N) is 4. The normalized spacial score (nSPS) is 10.7. The van der Waals surface area contributed by atoms with E-state index in [1.165, 1.54) is 11.3 Å². The number of thiazole rings is 1. The number of carbonyl (C=O) groups is 1. The molecule has 0 spiro atoms. The van der Waals surface area contributed by atoms with Crippen LogP contribution in [0.15, 0.2) is 48.0 Å². The average molecular weight is 376 g/mol. The highest BCUT2D eigenvalue weighted by atomic mass is 32.1. The number of hydrogen-bond donors (Lipinski definition) is 2. The van der Waals surface area contributed by atoms with Crippen LogP contribution in [0.4, 0.5) is 16.8 Å². The van der Waals surface area contributed by atoms with Crippen molar-refractivity contribution in [3.63, 3.8) is 0 Å². The zero-order valence-corrected chi connectivity index (χ0v) is 15.5. The van der Waals surface area contributed by atoms with Crippen LogP contribution in [0.5, 0.6) is 0 Å². The molecule has 3 aromatic heterocycles. The van der Waals surface area contributed by atoms with Gasteiger partial charge in [-0.3, -0.25) is 9.78 Å². The van der Waals surface area contributed by atoms with Crippen LogP contribution in [0, 0.1) is 13.8 Å². The van der Waals surface area contributed by atoms with Gasteiger partial charge in [0, 0.05) is 28.4 Å². The van der Waals surface area contributed by atoms with Gasteiger partial charge in [0.1, 0.15) is 5.69 Å². The van der Waals surface area contributed by atoms with Crippen LogP contribution in [0.3, 0.4) is 0 Å². The largest absolute Gasteiger partial charge is 0.319 e. The van der Waals surface area contributed by atoms with Crippen LogP contribution in [0.1, 0.15) is 21.9 Å². The van der Waals surface area contributed by atoms with E-state index in [0.717, 1.165) is 22.3 Å². The summed E-state index contributed by atoms with van der Waals surface area (Å²) < 4.78 is 0. The molecule has 134 valence electrons. The Labute approximate surface area is 159 Å². The minimum Gasteiger partial charge on any atom is -0.319 e. The molecule has 0 fully saturated rings. The maximum Gasteiger partial charge on any atom is 0.275 e. The number of amides is 1. The van der Waals surface area contributed by atoms with Crippen molar-refractivity contribution in [2.75, 3.05) is 10.6 Å². The average Bonchev–Trinajstić information content (AvgIpc) is 3.10. The van der Waals surface area contributed by atoms with Gasteiger partial charge in [-0.1, -0.05) is 18.2 Å². The van der Waals surface area contributed by atoms with Gasteiger partial charge in [-0.05, 0) is 32.0 Å². The van der Waals surface area contributed by atoms with Crippen LogP contribution in [0.25, 0.3) is 10.9 Å². The molecular formula is C19H16N6OS. The van der Waals surface area contributed by atoms with Gasteiger partial charge >= 0.3 is 0 Å². The van der Waals surface area contributed by atoms with Crippen LogP contribution in [-0.4, -0.2) is 25.8 Å². The van der Waals surface area contributed by atoms with Gasteiger partial charge in [-0.25, -0.2) is 15.0 Å². The number of benzene rings is 1. The predicted molar refractivity (Wildman–Crippen MR) is 107 cm³/mol. The number of nitrogens with one attached hydrogen (secondary N) is 2. The van der Waals surface area contributed by atoms with E-state index in [1.807, 2.05) is 50.2 Å². The Hall–Kier alpha value is -3.39. The SMILES string of the molecule is Cc1cc(C)nc(Nc2nc(C(=O)Nc3cccc4cccnc34)cs2)n1. The first-order chi connectivity index (χ1) is 13.1. The van der Waals surface area contributed by atoms with E-state index in [9.17, 15) is 4.79 Å². The Bertz CT molecular complexity index is 1110. The smallest absolute Gasteiger partial charge is 0.275 e. The highest BCUT2D eigenvalue weighted by Gasteiger charge is 2.13. The number of para-hydroxylation sites is 1. The molecule has 8 heteroatoms. The van der Waals surface area contributed by atoms with Crippen LogP contribution in [0.2, 0.25) is 0 Å². The van der Waals surface area contributed by atoms with E-state index in [2.05, 4.69) is 30.6 Å². The molecule has 0 unspecified atom stereocenters. The van der Waals surface area contributed by atoms with Gasteiger partial charge in [0.15, 0.2) is 5.13 Å². The summed E-state index contributed by atoms with van der Waals surface area (Å²) in [5, 5.41) is 9.14. The second kappa shape index (κ2) is 7.08. The van der Waals surface area contributed by atoms with E-state index < -0.39 is 0 Å². The molecule has 0 saturated heterocycles. The molecule has 0 aliphatic carbocycles. The maximum atomic E-state index is 12.6. The van der Waals surface area contributed by atoms with E-state index in [0.29, 0.717) is 22.5 Å². The van der Waals surface area contributed by atoms with Crippen molar-refractivity contribution in [1.82, 2.24) is 19.9 Å². The van der Waals surface area contributed by atoms with Gasteiger partial charge in [0.25, 0.3) is 5.91 Å². The Morgan fingerprint density at radius 1 is 1.04 bits per heavy atom. The van der Waals surface area contributed by atoms with Crippen LogP contribution < -0.4 is 10.6 Å². The topological polar surface area (TPSA) is 92.7 Å². The minimum absolute atomic E-state index is 0.293. The molecule has 27 heavy (non-hydrogen) atoms. The summed E-state index contributed by atoms with van der Waals surface area (Å²) in [7, 11) is 0. The first-order valence-corrected chi connectivity index (χ1v) is 9.16. The maximum absolute atomic E-state index is 12.6. The molecule has 0 atom stereocenters. The van der Waals surface area contributed by atoms with Crippen molar-refractivity contribution >= 4 is 44.9 Å². The molecular weight excluding hydrogens is 360 g/mol. The van der Waals surface area contributed by atoms with Crippen molar-refractivity contribution in [3.8, 4) is 0 Å². The molecule has 2 N–H and O–H groups in total. The summed E-state index contributed by atoms with van der Waals surface area (Å²) in [5.74, 6) is 0.172. The van der Waals surface area contributed by atoms with Crippen LogP contribution in [-0.2, 0) is 0 Å². The van der Waals surface area contributed by atoms with Gasteiger partial charge in [-0.15, -0.1) is 11.3 Å². The summed E-state index contributed by atoms with van der Waals surface area (Å²) in [6.07, 6.45) is 1.70. The summed E-state index contributed by atoms with van der Waals surface area (Å²) in [5.41, 5.74) is 3.44. The number of pyridine rings is 1. The fraction of sp³-hybridized carbons (Fsp3) is 0.105. The number of carbonyl (C=O) groups excluding carboxylic acids is 1. The molecule has 4 rings (SSSR count). The summed E-state index contributed by atoms with van der Waals surface area (Å²) in [6, 6.07) is 11.4. The molecule has 0 aliphatic heterocycles. The molecule has 0 bridgehead atoms. The molecule has 3 heterocycles. The second-order valence-electron chi connectivity index (χ2n) is 5.97. The van der Waals surface area contributed by atoms with E-state index in [-0.39, 0.29) is 5.91 Å². The first-order valence-electron chi connectivity index (χ1n) is 8.28. The summed E-state index contributed by atoms with van der Waals surface area (Å²) in [4.78, 5) is 29.9. The van der Waals surface area contributed by atoms with Crippen molar-refractivity contribution in [2.24, 2.45) is 0 Å². The number of fused-ring (bicyclic) bond motifs is 1. The number of rotatable bonds is 4. The minimum atomic E-state index is -0.293. The lowest BCUT2D eigenvalue weighted by molar-refractivity contribution is 0.102. The van der Waals surface area contributed by atoms with Crippen molar-refractivity contribution in [2.45, 2.75) is 13.8 Å². The monoisotopic (exact) mass is 376 g/mol. The molecule has 4 aromatic rings. The zero-order chi connectivity index (χ0) is 18.8. The predicted octanol–water partition coefficient (Wildman–Crippen LogP) is 4.09. The van der Waals surface area contributed by atoms with Gasteiger partial charge in [-0.2, -0.15) is 0 Å². The lowest BCUT2D eigenvalue weighted by atomic mass is 10.2. The molecule has 7 nitrogen and oxygen atoms in total. The molecule has 1 aromatic carbocycles. The third kappa shape index (κ3) is 3.75. The third-order valence-electron chi connectivity index (χ3n) is 3.82. The Morgan fingerprint density at radius 2 is 1.81 bits per heavy atom. The fourth-order valence-electron chi connectivity index (χ4n) is 2.70. The highest BCUT2D eigenvalue weighted by Crippen LogP contribution is 2.23. The first kappa shape index (κ1) is 17.0. The fourth-order valence-corrected chi connectivity index (χ4v) is 3.39. The molecule has 0 radical (unpaired) electrons. The van der Waals surface area contributed by atoms with Crippen molar-refractivity contribution in [1.29, 1.82) is 0 Å². The number of anilines is 3. The zero-order valence-electron chi connectivity index (χ0n) is 14.7. The van der Waals surface area contributed by atoms with Gasteiger partial charge in [0.05, 0.1) is 11.2 Å². The van der Waals surface area contributed by atoms with Crippen molar-refractivity contribution in [3.05, 3.63) is 65.1 Å². The quantitative estimate of drug-likeness (QED) is 0.557. The number of aromatic nitrogens is 4.